The van der Waals surface area contributed by atoms with E-state index in [0.717, 1.165) is 23.3 Å². The van der Waals surface area contributed by atoms with Crippen LogP contribution in [0.2, 0.25) is 0 Å². The van der Waals surface area contributed by atoms with E-state index in [1.807, 2.05) is 0 Å². The van der Waals surface area contributed by atoms with E-state index in [1.54, 1.807) is 24.4 Å². The number of rotatable bonds is 10. The van der Waals surface area contributed by atoms with E-state index in [0.29, 0.717) is 66.5 Å². The third-order valence-corrected chi connectivity index (χ3v) is 8.92. The number of benzene rings is 2. The summed E-state index contributed by atoms with van der Waals surface area (Å²) in [5.41, 5.74) is 1.58. The summed E-state index contributed by atoms with van der Waals surface area (Å²) in [6.45, 7) is 7.30. The van der Waals surface area contributed by atoms with E-state index in [4.69, 9.17) is 19.4 Å². The Hall–Kier alpha value is -3.88. The molecule has 10 nitrogen and oxygen atoms in total. The third-order valence-electron chi connectivity index (χ3n) is 6.36. The molecule has 1 aliphatic rings. The van der Waals surface area contributed by atoms with Gasteiger partial charge in [-0.15, -0.1) is 0 Å². The number of methoxy groups -OCH3 is 1. The molecule has 0 aliphatic carbocycles. The monoisotopic (exact) mass is 616 g/mol. The number of sulfonamides is 1. The normalized spacial score (nSPS) is 13.8. The number of hydrogen-bond donors (Lipinski definition) is 2. The summed E-state index contributed by atoms with van der Waals surface area (Å²) in [4.78, 5) is 15.8. The van der Waals surface area contributed by atoms with Gasteiger partial charge in [0.2, 0.25) is 5.95 Å². The first-order valence-corrected chi connectivity index (χ1v) is 15.5. The fourth-order valence-electron chi connectivity index (χ4n) is 4.38. The molecule has 0 radical (unpaired) electrons. The van der Waals surface area contributed by atoms with Gasteiger partial charge in [-0.2, -0.15) is 0 Å². The van der Waals surface area contributed by atoms with Crippen LogP contribution in [0.25, 0.3) is 21.8 Å². The van der Waals surface area contributed by atoms with E-state index in [1.165, 1.54) is 24.5 Å². The van der Waals surface area contributed by atoms with Crippen LogP contribution in [0.4, 0.5) is 25.5 Å². The molecule has 222 valence electrons. The van der Waals surface area contributed by atoms with Gasteiger partial charge in [-0.1, -0.05) is 37.3 Å². The molecule has 0 spiro atoms. The van der Waals surface area contributed by atoms with Gasteiger partial charge in [0.25, 0.3) is 10.0 Å². The molecular formula is C28H30F2N6O4S2. The summed E-state index contributed by atoms with van der Waals surface area (Å²) in [5, 5.41) is 3.97. The molecule has 0 atom stereocenters. The van der Waals surface area contributed by atoms with Crippen molar-refractivity contribution in [3.8, 4) is 27.6 Å². The maximum Gasteiger partial charge on any atom is 0.267 e. The predicted molar refractivity (Wildman–Crippen MR) is 159 cm³/mol. The summed E-state index contributed by atoms with van der Waals surface area (Å²) in [6.07, 6.45) is 1.66. The quantitative estimate of drug-likeness (QED) is 0.246. The van der Waals surface area contributed by atoms with Gasteiger partial charge in [0.1, 0.15) is 11.6 Å². The van der Waals surface area contributed by atoms with E-state index in [9.17, 15) is 17.2 Å². The standard InChI is InChI=1S/C28H30F2N6O4S2/c1-17(2)16-32-27-31-11-10-22(33-27)25-23(34-28(41-25)36-12-14-40-15-13-36)18-6-4-9-21(24(18)39-3)35-42(37,38)26-19(29)7-5-8-20(26)30/h4-11,17,35H,12-16H2,1-3H3,(H,31,32,33). The molecule has 1 fully saturated rings. The molecule has 1 saturated heterocycles. The van der Waals surface area contributed by atoms with E-state index in [-0.39, 0.29) is 11.4 Å². The zero-order valence-corrected chi connectivity index (χ0v) is 24.9. The Labute approximate surface area is 246 Å². The number of nitrogens with zero attached hydrogens (tertiary/aromatic N) is 4. The molecule has 0 unspecified atom stereocenters. The minimum absolute atomic E-state index is 0.00787. The highest BCUT2D eigenvalue weighted by Crippen LogP contribution is 2.45. The molecule has 2 aromatic carbocycles. The van der Waals surface area contributed by atoms with Crippen molar-refractivity contribution in [2.45, 2.75) is 18.7 Å². The molecule has 2 N–H and O–H groups in total. The second-order valence-corrected chi connectivity index (χ2v) is 12.5. The van der Waals surface area contributed by atoms with Crippen molar-refractivity contribution in [3.63, 3.8) is 0 Å². The van der Waals surface area contributed by atoms with Crippen molar-refractivity contribution in [1.29, 1.82) is 0 Å². The summed E-state index contributed by atoms with van der Waals surface area (Å²) in [5.74, 6) is -1.43. The van der Waals surface area contributed by atoms with Crippen LogP contribution in [-0.2, 0) is 14.8 Å². The van der Waals surface area contributed by atoms with Crippen LogP contribution in [0.5, 0.6) is 5.75 Å². The van der Waals surface area contributed by atoms with Gasteiger partial charge in [0.15, 0.2) is 15.8 Å². The lowest BCUT2D eigenvalue weighted by molar-refractivity contribution is 0.122. The fraction of sp³-hybridized carbons (Fsp3) is 0.321. The smallest absolute Gasteiger partial charge is 0.267 e. The first-order chi connectivity index (χ1) is 20.2. The summed E-state index contributed by atoms with van der Waals surface area (Å²) < 4.78 is 68.5. The molecule has 3 heterocycles. The lowest BCUT2D eigenvalue weighted by atomic mass is 10.1. The fourth-order valence-corrected chi connectivity index (χ4v) is 6.68. The molecule has 5 rings (SSSR count). The van der Waals surface area contributed by atoms with Crippen LogP contribution in [0, 0.1) is 17.6 Å². The SMILES string of the molecule is COc1c(NS(=O)(=O)c2c(F)cccc2F)cccc1-c1nc(N2CCOCC2)sc1-c1ccnc(NCC(C)C)n1. The predicted octanol–water partition coefficient (Wildman–Crippen LogP) is 5.26. The highest BCUT2D eigenvalue weighted by Gasteiger charge is 2.28. The number of aromatic nitrogens is 3. The molecule has 0 bridgehead atoms. The Bertz CT molecular complexity index is 1660. The first kappa shape index (κ1) is 29.6. The summed E-state index contributed by atoms with van der Waals surface area (Å²) >= 11 is 1.43. The number of ether oxygens (including phenoxy) is 2. The van der Waals surface area contributed by atoms with Crippen molar-refractivity contribution >= 4 is 38.1 Å². The van der Waals surface area contributed by atoms with Gasteiger partial charge in [0, 0.05) is 31.4 Å². The average Bonchev–Trinajstić information content (AvgIpc) is 3.42. The van der Waals surface area contributed by atoms with Crippen molar-refractivity contribution < 1.29 is 26.7 Å². The average molecular weight is 617 g/mol. The van der Waals surface area contributed by atoms with Gasteiger partial charge in [-0.3, -0.25) is 4.72 Å². The van der Waals surface area contributed by atoms with Crippen LogP contribution in [0.3, 0.4) is 0 Å². The molecule has 0 amide bonds. The summed E-state index contributed by atoms with van der Waals surface area (Å²) in [6, 6.07) is 9.43. The van der Waals surface area contributed by atoms with Crippen molar-refractivity contribution in [2.24, 2.45) is 5.92 Å². The minimum atomic E-state index is -4.65. The molecule has 1 aliphatic heterocycles. The van der Waals surface area contributed by atoms with Crippen LogP contribution >= 0.6 is 11.3 Å². The maximum absolute atomic E-state index is 14.4. The largest absolute Gasteiger partial charge is 0.494 e. The lowest BCUT2D eigenvalue weighted by Crippen LogP contribution is -2.36. The van der Waals surface area contributed by atoms with Crippen molar-refractivity contribution in [2.75, 3.05) is 54.9 Å². The van der Waals surface area contributed by atoms with E-state index in [2.05, 4.69) is 33.8 Å². The van der Waals surface area contributed by atoms with Crippen LogP contribution in [-0.4, -0.2) is 63.3 Å². The summed E-state index contributed by atoms with van der Waals surface area (Å²) in [7, 11) is -3.27. The van der Waals surface area contributed by atoms with Crippen LogP contribution in [0.15, 0.2) is 53.6 Å². The number of nitrogens with one attached hydrogen (secondary N) is 2. The number of thiazole rings is 1. The van der Waals surface area contributed by atoms with Crippen molar-refractivity contribution in [1.82, 2.24) is 15.0 Å². The Morgan fingerprint density at radius 2 is 1.79 bits per heavy atom. The second kappa shape index (κ2) is 12.5. The highest BCUT2D eigenvalue weighted by atomic mass is 32.2. The number of hydrogen-bond acceptors (Lipinski definition) is 10. The van der Waals surface area contributed by atoms with Gasteiger partial charge in [-0.25, -0.2) is 32.2 Å². The van der Waals surface area contributed by atoms with Gasteiger partial charge < -0.3 is 19.7 Å². The zero-order chi connectivity index (χ0) is 29.9. The van der Waals surface area contributed by atoms with Crippen molar-refractivity contribution in [3.05, 3.63) is 60.3 Å². The van der Waals surface area contributed by atoms with Crippen LogP contribution < -0.4 is 19.7 Å². The van der Waals surface area contributed by atoms with Crippen LogP contribution in [0.1, 0.15) is 13.8 Å². The minimum Gasteiger partial charge on any atom is -0.494 e. The second-order valence-electron chi connectivity index (χ2n) is 9.86. The third kappa shape index (κ3) is 6.30. The zero-order valence-electron chi connectivity index (χ0n) is 23.2. The molecule has 14 heteroatoms. The van der Waals surface area contributed by atoms with Gasteiger partial charge in [-0.05, 0) is 36.2 Å². The maximum atomic E-state index is 14.4. The highest BCUT2D eigenvalue weighted by molar-refractivity contribution is 7.92. The molecule has 0 saturated carbocycles. The number of para-hydroxylation sites is 1. The van der Waals surface area contributed by atoms with Gasteiger partial charge in [0.05, 0.1) is 42.3 Å². The Kier molecular flexibility index (Phi) is 8.85. The topological polar surface area (TPSA) is 119 Å². The number of morpholine rings is 1. The Balaban J connectivity index is 1.61. The van der Waals surface area contributed by atoms with E-state index < -0.39 is 26.6 Å². The Morgan fingerprint density at radius 3 is 2.48 bits per heavy atom. The molecule has 42 heavy (non-hydrogen) atoms. The first-order valence-electron chi connectivity index (χ1n) is 13.2. The van der Waals surface area contributed by atoms with Gasteiger partial charge >= 0.3 is 0 Å². The Morgan fingerprint density at radius 1 is 1.07 bits per heavy atom. The number of anilines is 3. The van der Waals surface area contributed by atoms with E-state index >= 15 is 0 Å². The number of halogens is 2. The molecular weight excluding hydrogens is 586 g/mol. The molecule has 4 aromatic rings. The lowest BCUT2D eigenvalue weighted by Gasteiger charge is -2.26. The molecule has 2 aromatic heterocycles.